The van der Waals surface area contributed by atoms with Crippen LogP contribution in [0.25, 0.3) is 22.4 Å². The van der Waals surface area contributed by atoms with E-state index in [1.165, 1.54) is 0 Å². The molecule has 0 aliphatic rings. The number of fused-ring (bicyclic) bond motifs is 1. The fourth-order valence-corrected chi connectivity index (χ4v) is 2.98. The van der Waals surface area contributed by atoms with E-state index in [4.69, 9.17) is 4.42 Å². The molecule has 0 aliphatic carbocycles. The molecule has 2 heterocycles. The Balaban J connectivity index is 1.49. The van der Waals surface area contributed by atoms with Crippen molar-refractivity contribution in [3.8, 4) is 11.3 Å². The molecule has 0 amide bonds. The molecule has 4 rings (SSSR count). The minimum atomic E-state index is 0.645. The predicted octanol–water partition coefficient (Wildman–Crippen LogP) is 4.51. The Hall–Kier alpha value is -2.53. The SMILES string of the molecule is c1ccc(-c2cnc(CSc3nc4ccccc4[nH]3)o2)cc1. The molecular weight excluding hydrogens is 294 g/mol. The van der Waals surface area contributed by atoms with Gasteiger partial charge in [0.1, 0.15) is 0 Å². The summed E-state index contributed by atoms with van der Waals surface area (Å²) in [5, 5.41) is 0.876. The zero-order chi connectivity index (χ0) is 14.8. The van der Waals surface area contributed by atoms with Gasteiger partial charge >= 0.3 is 0 Å². The van der Waals surface area contributed by atoms with Crippen LogP contribution in [0, 0.1) is 0 Å². The van der Waals surface area contributed by atoms with Crippen LogP contribution in [-0.2, 0) is 5.75 Å². The van der Waals surface area contributed by atoms with Crippen molar-refractivity contribution in [3.63, 3.8) is 0 Å². The number of benzene rings is 2. The Morgan fingerprint density at radius 3 is 2.68 bits per heavy atom. The predicted molar refractivity (Wildman–Crippen MR) is 87.6 cm³/mol. The highest BCUT2D eigenvalue weighted by molar-refractivity contribution is 7.98. The van der Waals surface area contributed by atoms with Crippen LogP contribution in [0.15, 0.2) is 70.4 Å². The summed E-state index contributed by atoms with van der Waals surface area (Å²) in [5.74, 6) is 2.14. The van der Waals surface area contributed by atoms with Gasteiger partial charge in [-0.25, -0.2) is 9.97 Å². The van der Waals surface area contributed by atoms with E-state index in [1.54, 1.807) is 18.0 Å². The van der Waals surface area contributed by atoms with Crippen molar-refractivity contribution < 1.29 is 4.42 Å². The van der Waals surface area contributed by atoms with Gasteiger partial charge in [-0.3, -0.25) is 0 Å². The summed E-state index contributed by atoms with van der Waals surface area (Å²) in [5.41, 5.74) is 3.06. The van der Waals surface area contributed by atoms with Crippen molar-refractivity contribution in [1.82, 2.24) is 15.0 Å². The number of rotatable bonds is 4. The van der Waals surface area contributed by atoms with Gasteiger partial charge in [0.15, 0.2) is 10.9 Å². The van der Waals surface area contributed by atoms with Crippen molar-refractivity contribution in [2.24, 2.45) is 0 Å². The summed E-state index contributed by atoms with van der Waals surface area (Å²) in [6, 6.07) is 18.0. The van der Waals surface area contributed by atoms with Crippen LogP contribution in [0.4, 0.5) is 0 Å². The third-order valence-electron chi connectivity index (χ3n) is 3.31. The maximum absolute atomic E-state index is 5.79. The summed E-state index contributed by atoms with van der Waals surface area (Å²) >= 11 is 1.58. The van der Waals surface area contributed by atoms with Crippen LogP contribution >= 0.6 is 11.8 Å². The molecule has 0 saturated carbocycles. The van der Waals surface area contributed by atoms with Crippen LogP contribution < -0.4 is 0 Å². The van der Waals surface area contributed by atoms with Crippen molar-refractivity contribution >= 4 is 22.8 Å². The third kappa shape index (κ3) is 2.63. The van der Waals surface area contributed by atoms with Gasteiger partial charge < -0.3 is 9.40 Å². The van der Waals surface area contributed by atoms with Crippen LogP contribution in [0.2, 0.25) is 0 Å². The average Bonchev–Trinajstić information content (AvgIpc) is 3.20. The quantitative estimate of drug-likeness (QED) is 0.564. The van der Waals surface area contributed by atoms with E-state index in [0.29, 0.717) is 11.6 Å². The summed E-state index contributed by atoms with van der Waals surface area (Å²) in [4.78, 5) is 12.1. The largest absolute Gasteiger partial charge is 0.440 e. The first-order valence-electron chi connectivity index (χ1n) is 6.96. The lowest BCUT2D eigenvalue weighted by Gasteiger charge is -1.95. The number of H-pyrrole nitrogens is 1. The molecule has 0 atom stereocenters. The topological polar surface area (TPSA) is 54.7 Å². The first-order valence-corrected chi connectivity index (χ1v) is 7.95. The number of oxazole rings is 1. The lowest BCUT2D eigenvalue weighted by Crippen LogP contribution is -1.80. The molecule has 2 aromatic carbocycles. The summed E-state index contributed by atoms with van der Waals surface area (Å²) < 4.78 is 5.79. The monoisotopic (exact) mass is 307 g/mol. The lowest BCUT2D eigenvalue weighted by atomic mass is 10.2. The zero-order valence-electron chi connectivity index (χ0n) is 11.7. The van der Waals surface area contributed by atoms with E-state index in [2.05, 4.69) is 15.0 Å². The molecule has 2 aromatic heterocycles. The normalized spacial score (nSPS) is 11.1. The van der Waals surface area contributed by atoms with Crippen LogP contribution in [-0.4, -0.2) is 15.0 Å². The van der Waals surface area contributed by atoms with Gasteiger partial charge in [-0.15, -0.1) is 0 Å². The summed E-state index contributed by atoms with van der Waals surface area (Å²) in [6.45, 7) is 0. The van der Waals surface area contributed by atoms with E-state index in [1.807, 2.05) is 54.6 Å². The summed E-state index contributed by atoms with van der Waals surface area (Å²) in [6.07, 6.45) is 1.77. The van der Waals surface area contributed by atoms with Crippen molar-refractivity contribution in [2.45, 2.75) is 10.9 Å². The molecular formula is C17H13N3OS. The van der Waals surface area contributed by atoms with E-state index in [9.17, 15) is 0 Å². The van der Waals surface area contributed by atoms with Gasteiger partial charge in [0.2, 0.25) is 5.89 Å². The van der Waals surface area contributed by atoms with E-state index in [-0.39, 0.29) is 0 Å². The van der Waals surface area contributed by atoms with Crippen LogP contribution in [0.5, 0.6) is 0 Å². The Bertz CT molecular complexity index is 865. The minimum Gasteiger partial charge on any atom is -0.440 e. The number of thioether (sulfide) groups is 1. The second-order valence-corrected chi connectivity index (χ2v) is 5.80. The number of nitrogens with one attached hydrogen (secondary N) is 1. The van der Waals surface area contributed by atoms with Crippen LogP contribution in [0.1, 0.15) is 5.89 Å². The first kappa shape index (κ1) is 13.2. The number of nitrogens with zero attached hydrogens (tertiary/aromatic N) is 2. The molecule has 5 heteroatoms. The highest BCUT2D eigenvalue weighted by Crippen LogP contribution is 2.25. The minimum absolute atomic E-state index is 0.645. The van der Waals surface area contributed by atoms with E-state index in [0.717, 1.165) is 27.5 Å². The standard InChI is InChI=1S/C17H13N3OS/c1-2-6-12(7-3-1)15-10-18-16(21-15)11-22-17-19-13-8-4-5-9-14(13)20-17/h1-10H,11H2,(H,19,20). The molecule has 0 unspecified atom stereocenters. The molecule has 108 valence electrons. The molecule has 0 fully saturated rings. The Morgan fingerprint density at radius 1 is 1.00 bits per heavy atom. The third-order valence-corrected chi connectivity index (χ3v) is 4.17. The highest BCUT2D eigenvalue weighted by Gasteiger charge is 2.08. The number of para-hydroxylation sites is 2. The van der Waals surface area contributed by atoms with Gasteiger partial charge in [-0.1, -0.05) is 54.2 Å². The fourth-order valence-electron chi connectivity index (χ4n) is 2.24. The van der Waals surface area contributed by atoms with Gasteiger partial charge in [0.25, 0.3) is 0 Å². The average molecular weight is 307 g/mol. The molecule has 0 spiro atoms. The number of aromatic amines is 1. The Kier molecular flexibility index (Phi) is 3.40. The zero-order valence-corrected chi connectivity index (χ0v) is 12.5. The Labute approximate surface area is 131 Å². The molecule has 0 saturated heterocycles. The molecule has 0 aliphatic heterocycles. The maximum Gasteiger partial charge on any atom is 0.205 e. The number of hydrogen-bond donors (Lipinski definition) is 1. The number of hydrogen-bond acceptors (Lipinski definition) is 4. The van der Waals surface area contributed by atoms with Crippen LogP contribution in [0.3, 0.4) is 0 Å². The molecule has 22 heavy (non-hydrogen) atoms. The van der Waals surface area contributed by atoms with Gasteiger partial charge in [0.05, 0.1) is 23.0 Å². The highest BCUT2D eigenvalue weighted by atomic mass is 32.2. The van der Waals surface area contributed by atoms with Crippen molar-refractivity contribution in [1.29, 1.82) is 0 Å². The van der Waals surface area contributed by atoms with E-state index >= 15 is 0 Å². The molecule has 1 N–H and O–H groups in total. The smallest absolute Gasteiger partial charge is 0.205 e. The second-order valence-electron chi connectivity index (χ2n) is 4.83. The van der Waals surface area contributed by atoms with Gasteiger partial charge in [-0.2, -0.15) is 0 Å². The number of aromatic nitrogens is 3. The second kappa shape index (κ2) is 5.69. The molecule has 4 aromatic rings. The fraction of sp³-hybridized carbons (Fsp3) is 0.0588. The lowest BCUT2D eigenvalue weighted by molar-refractivity contribution is 0.530. The first-order chi connectivity index (χ1) is 10.9. The summed E-state index contributed by atoms with van der Waals surface area (Å²) in [7, 11) is 0. The van der Waals surface area contributed by atoms with Crippen molar-refractivity contribution in [2.75, 3.05) is 0 Å². The molecule has 0 radical (unpaired) electrons. The van der Waals surface area contributed by atoms with Gasteiger partial charge in [-0.05, 0) is 12.1 Å². The van der Waals surface area contributed by atoms with Crippen molar-refractivity contribution in [3.05, 3.63) is 66.7 Å². The molecule has 4 nitrogen and oxygen atoms in total. The molecule has 0 bridgehead atoms. The van der Waals surface area contributed by atoms with E-state index < -0.39 is 0 Å². The number of imidazole rings is 1. The maximum atomic E-state index is 5.79. The van der Waals surface area contributed by atoms with Gasteiger partial charge in [0, 0.05) is 5.56 Å². The Morgan fingerprint density at radius 2 is 1.82 bits per heavy atom.